The van der Waals surface area contributed by atoms with Crippen LogP contribution in [0.4, 0.5) is 4.39 Å². The average Bonchev–Trinajstić information content (AvgIpc) is 2.28. The molecule has 0 radical (unpaired) electrons. The summed E-state index contributed by atoms with van der Waals surface area (Å²) in [6.07, 6.45) is 1.65. The third kappa shape index (κ3) is 3.68. The normalized spacial score (nSPS) is 12.2. The third-order valence-electron chi connectivity index (χ3n) is 2.45. The summed E-state index contributed by atoms with van der Waals surface area (Å²) >= 11 is 5.80. The summed E-state index contributed by atoms with van der Waals surface area (Å²) in [5.41, 5.74) is 5.40. The lowest BCUT2D eigenvalue weighted by Crippen LogP contribution is -2.40. The van der Waals surface area contributed by atoms with Crippen LogP contribution in [0.5, 0.6) is 0 Å². The van der Waals surface area contributed by atoms with Gasteiger partial charge >= 0.3 is 0 Å². The van der Waals surface area contributed by atoms with Gasteiger partial charge in [-0.05, 0) is 18.6 Å². The van der Waals surface area contributed by atoms with Gasteiger partial charge in [0, 0.05) is 12.6 Å². The zero-order chi connectivity index (χ0) is 12.8. The second kappa shape index (κ2) is 6.57. The first-order valence-corrected chi connectivity index (χ1v) is 5.92. The molecule has 1 rings (SSSR count). The summed E-state index contributed by atoms with van der Waals surface area (Å²) in [5.74, 6) is -1.14. The van der Waals surface area contributed by atoms with Crippen molar-refractivity contribution in [2.75, 3.05) is 6.54 Å². The van der Waals surface area contributed by atoms with E-state index in [-0.39, 0.29) is 16.6 Å². The van der Waals surface area contributed by atoms with Crippen molar-refractivity contribution in [3.8, 4) is 0 Å². The number of hydrogen-bond donors (Lipinski definition) is 2. The lowest BCUT2D eigenvalue weighted by atomic mass is 10.1. The number of nitrogens with one attached hydrogen (secondary N) is 1. The maximum Gasteiger partial charge on any atom is 0.256 e. The highest BCUT2D eigenvalue weighted by atomic mass is 35.5. The Kier molecular flexibility index (Phi) is 5.38. The van der Waals surface area contributed by atoms with E-state index in [0.29, 0.717) is 6.54 Å². The zero-order valence-corrected chi connectivity index (χ0v) is 10.4. The number of hydrogen-bond acceptors (Lipinski definition) is 2. The molecule has 3 N–H and O–H groups in total. The molecule has 0 spiro atoms. The van der Waals surface area contributed by atoms with Crippen molar-refractivity contribution in [1.82, 2.24) is 5.32 Å². The minimum absolute atomic E-state index is 0.106. The molecule has 5 heteroatoms. The van der Waals surface area contributed by atoms with Crippen molar-refractivity contribution in [2.45, 2.75) is 25.8 Å². The molecule has 0 heterocycles. The molecule has 0 saturated carbocycles. The van der Waals surface area contributed by atoms with Gasteiger partial charge in [0.25, 0.3) is 5.91 Å². The summed E-state index contributed by atoms with van der Waals surface area (Å²) in [6, 6.07) is 4.00. The van der Waals surface area contributed by atoms with Crippen LogP contribution in [0.15, 0.2) is 18.2 Å². The fourth-order valence-electron chi connectivity index (χ4n) is 1.57. The maximum absolute atomic E-state index is 13.5. The second-order valence-electron chi connectivity index (χ2n) is 3.79. The third-order valence-corrected chi connectivity index (χ3v) is 2.76. The van der Waals surface area contributed by atoms with Gasteiger partial charge in [-0.25, -0.2) is 4.39 Å². The number of carbonyl (C=O) groups is 1. The van der Waals surface area contributed by atoms with E-state index >= 15 is 0 Å². The lowest BCUT2D eigenvalue weighted by Gasteiger charge is -2.16. The van der Waals surface area contributed by atoms with Gasteiger partial charge in [0.05, 0.1) is 10.6 Å². The van der Waals surface area contributed by atoms with Gasteiger partial charge < -0.3 is 11.1 Å². The molecule has 0 aliphatic heterocycles. The quantitative estimate of drug-likeness (QED) is 0.852. The molecule has 0 aliphatic rings. The van der Waals surface area contributed by atoms with Crippen LogP contribution in [-0.2, 0) is 0 Å². The van der Waals surface area contributed by atoms with Gasteiger partial charge in [-0.15, -0.1) is 0 Å². The molecule has 0 fully saturated rings. The van der Waals surface area contributed by atoms with Crippen LogP contribution < -0.4 is 11.1 Å². The Morgan fingerprint density at radius 3 is 2.82 bits per heavy atom. The number of halogens is 2. The molecule has 0 bridgehead atoms. The highest BCUT2D eigenvalue weighted by molar-refractivity contribution is 6.33. The molecule has 94 valence electrons. The molecule has 1 aromatic carbocycles. The maximum atomic E-state index is 13.5. The topological polar surface area (TPSA) is 55.1 Å². The summed E-state index contributed by atoms with van der Waals surface area (Å²) in [5, 5.41) is 2.78. The van der Waals surface area contributed by atoms with Crippen molar-refractivity contribution >= 4 is 17.5 Å². The van der Waals surface area contributed by atoms with Gasteiger partial charge in [0.1, 0.15) is 5.82 Å². The number of carbonyl (C=O) groups excluding carboxylic acids is 1. The molecular weight excluding hydrogens is 243 g/mol. The first-order valence-electron chi connectivity index (χ1n) is 5.55. The summed E-state index contributed by atoms with van der Waals surface area (Å²) in [7, 11) is 0. The standard InChI is InChI=1S/C12H16ClFN2O/c1-2-4-8(7-15)16-12(17)11-9(13)5-3-6-10(11)14/h3,5-6,8H,2,4,7,15H2,1H3,(H,16,17). The predicted molar refractivity (Wildman–Crippen MR) is 66.6 cm³/mol. The smallest absolute Gasteiger partial charge is 0.256 e. The molecule has 17 heavy (non-hydrogen) atoms. The molecular formula is C12H16ClFN2O. The Morgan fingerprint density at radius 1 is 1.59 bits per heavy atom. The highest BCUT2D eigenvalue weighted by Crippen LogP contribution is 2.18. The monoisotopic (exact) mass is 258 g/mol. The minimum Gasteiger partial charge on any atom is -0.348 e. The van der Waals surface area contributed by atoms with Crippen LogP contribution >= 0.6 is 11.6 Å². The van der Waals surface area contributed by atoms with Crippen molar-refractivity contribution in [1.29, 1.82) is 0 Å². The Balaban J connectivity index is 2.82. The van der Waals surface area contributed by atoms with Crippen LogP contribution in [0.2, 0.25) is 5.02 Å². The number of nitrogens with two attached hydrogens (primary N) is 1. The Morgan fingerprint density at radius 2 is 2.29 bits per heavy atom. The molecule has 1 aromatic rings. The van der Waals surface area contributed by atoms with Crippen LogP contribution in [0.3, 0.4) is 0 Å². The molecule has 1 unspecified atom stereocenters. The Hall–Kier alpha value is -1.13. The summed E-state index contributed by atoms with van der Waals surface area (Å²) in [4.78, 5) is 11.8. The SMILES string of the molecule is CCCC(CN)NC(=O)c1c(F)cccc1Cl. The van der Waals surface area contributed by atoms with Gasteiger partial charge in [0.15, 0.2) is 0 Å². The molecule has 0 aliphatic carbocycles. The van der Waals surface area contributed by atoms with Crippen LogP contribution in [0.1, 0.15) is 30.1 Å². The minimum atomic E-state index is -0.623. The molecule has 0 saturated heterocycles. The predicted octanol–water partition coefficient (Wildman–Crippen LogP) is 2.34. The van der Waals surface area contributed by atoms with Crippen LogP contribution in [0, 0.1) is 5.82 Å². The van der Waals surface area contributed by atoms with E-state index in [1.54, 1.807) is 0 Å². The molecule has 3 nitrogen and oxygen atoms in total. The van der Waals surface area contributed by atoms with Crippen molar-refractivity contribution < 1.29 is 9.18 Å². The van der Waals surface area contributed by atoms with Crippen LogP contribution in [0.25, 0.3) is 0 Å². The van der Waals surface area contributed by atoms with E-state index in [0.717, 1.165) is 12.8 Å². The van der Waals surface area contributed by atoms with E-state index < -0.39 is 11.7 Å². The number of amides is 1. The van der Waals surface area contributed by atoms with Gasteiger partial charge in [-0.2, -0.15) is 0 Å². The average molecular weight is 259 g/mol. The van der Waals surface area contributed by atoms with E-state index in [9.17, 15) is 9.18 Å². The largest absolute Gasteiger partial charge is 0.348 e. The van der Waals surface area contributed by atoms with E-state index in [4.69, 9.17) is 17.3 Å². The highest BCUT2D eigenvalue weighted by Gasteiger charge is 2.18. The van der Waals surface area contributed by atoms with Gasteiger partial charge in [-0.1, -0.05) is 31.0 Å². The summed E-state index contributed by atoms with van der Waals surface area (Å²) in [6.45, 7) is 2.32. The lowest BCUT2D eigenvalue weighted by molar-refractivity contribution is 0.0932. The molecule has 1 amide bonds. The fourth-order valence-corrected chi connectivity index (χ4v) is 1.82. The van der Waals surface area contributed by atoms with Crippen LogP contribution in [-0.4, -0.2) is 18.5 Å². The first-order chi connectivity index (χ1) is 8.10. The van der Waals surface area contributed by atoms with Gasteiger partial charge in [0.2, 0.25) is 0 Å². The van der Waals surface area contributed by atoms with E-state index in [2.05, 4.69) is 5.32 Å². The number of benzene rings is 1. The Bertz CT molecular complexity index is 378. The first kappa shape index (κ1) is 13.9. The van der Waals surface area contributed by atoms with Crippen molar-refractivity contribution in [3.63, 3.8) is 0 Å². The zero-order valence-electron chi connectivity index (χ0n) is 9.67. The number of rotatable bonds is 5. The molecule has 1 atom stereocenters. The van der Waals surface area contributed by atoms with Gasteiger partial charge in [-0.3, -0.25) is 4.79 Å². The fraction of sp³-hybridized carbons (Fsp3) is 0.417. The summed E-state index contributed by atoms with van der Waals surface area (Å²) < 4.78 is 13.5. The molecule has 0 aromatic heterocycles. The van der Waals surface area contributed by atoms with Crippen molar-refractivity contribution in [3.05, 3.63) is 34.6 Å². The van der Waals surface area contributed by atoms with E-state index in [1.807, 2.05) is 6.92 Å². The van der Waals surface area contributed by atoms with Crippen molar-refractivity contribution in [2.24, 2.45) is 5.73 Å². The van der Waals surface area contributed by atoms with E-state index in [1.165, 1.54) is 18.2 Å². The second-order valence-corrected chi connectivity index (χ2v) is 4.20. The Labute approximate surface area is 105 Å².